The zero-order valence-electron chi connectivity index (χ0n) is 11.9. The van der Waals surface area contributed by atoms with Crippen molar-refractivity contribution in [1.82, 2.24) is 24.1 Å². The molecule has 1 amide bonds. The Kier molecular flexibility index (Phi) is 3.19. The smallest absolute Gasteiger partial charge is 0.273 e. The van der Waals surface area contributed by atoms with Crippen LogP contribution in [-0.2, 0) is 6.54 Å². The van der Waals surface area contributed by atoms with Crippen LogP contribution in [0.2, 0.25) is 0 Å². The van der Waals surface area contributed by atoms with Crippen molar-refractivity contribution in [3.05, 3.63) is 48.0 Å². The fourth-order valence-corrected chi connectivity index (χ4v) is 2.19. The minimum absolute atomic E-state index is 0.146. The predicted octanol–water partition coefficient (Wildman–Crippen LogP) is 0.680. The normalized spacial score (nSPS) is 11.0. The molecule has 3 heterocycles. The zero-order chi connectivity index (χ0) is 15.0. The largest absolute Gasteiger partial charge is 0.343 e. The summed E-state index contributed by atoms with van der Waals surface area (Å²) >= 11 is 0. The molecule has 0 aromatic carbocycles. The molecule has 0 aliphatic rings. The van der Waals surface area contributed by atoms with Crippen molar-refractivity contribution in [3.63, 3.8) is 0 Å². The Hall–Kier alpha value is -2.67. The van der Waals surface area contributed by atoms with Crippen LogP contribution in [0.5, 0.6) is 0 Å². The molecule has 0 atom stereocenters. The van der Waals surface area contributed by atoms with Gasteiger partial charge in [0.15, 0.2) is 11.5 Å². The van der Waals surface area contributed by atoms with Crippen LogP contribution < -0.4 is 5.73 Å². The number of imidazole rings is 1. The average Bonchev–Trinajstić information content (AvgIpc) is 3.10. The van der Waals surface area contributed by atoms with Gasteiger partial charge < -0.3 is 15.0 Å². The van der Waals surface area contributed by atoms with Gasteiger partial charge in [0.1, 0.15) is 5.65 Å². The van der Waals surface area contributed by atoms with Gasteiger partial charge in [0.05, 0.1) is 5.69 Å². The molecule has 0 radical (unpaired) electrons. The number of nitrogens with zero attached hydrogens (tertiary/aromatic N) is 5. The van der Waals surface area contributed by atoms with Crippen molar-refractivity contribution in [1.29, 1.82) is 0 Å². The van der Waals surface area contributed by atoms with Crippen LogP contribution in [0.1, 0.15) is 16.2 Å². The molecule has 3 aromatic rings. The second-order valence-electron chi connectivity index (χ2n) is 4.86. The number of amides is 1. The summed E-state index contributed by atoms with van der Waals surface area (Å²) in [5, 5.41) is 4.30. The van der Waals surface area contributed by atoms with Gasteiger partial charge in [-0.05, 0) is 18.2 Å². The highest BCUT2D eigenvalue weighted by atomic mass is 16.2. The molecule has 7 heteroatoms. The SMILES string of the molecule is CN(C)C(=O)c1ccn(-c2nc3ccccn3c2CN)n1. The van der Waals surface area contributed by atoms with Crippen LogP contribution in [0.15, 0.2) is 36.7 Å². The van der Waals surface area contributed by atoms with E-state index in [1.165, 1.54) is 4.90 Å². The fraction of sp³-hybridized carbons (Fsp3) is 0.214. The number of hydrogen-bond donors (Lipinski definition) is 1. The van der Waals surface area contributed by atoms with E-state index < -0.39 is 0 Å². The summed E-state index contributed by atoms with van der Waals surface area (Å²) in [7, 11) is 3.38. The molecule has 0 bridgehead atoms. The second kappa shape index (κ2) is 5.02. The van der Waals surface area contributed by atoms with E-state index in [2.05, 4.69) is 10.1 Å². The third kappa shape index (κ3) is 2.17. The summed E-state index contributed by atoms with van der Waals surface area (Å²) in [5.74, 6) is 0.494. The highest BCUT2D eigenvalue weighted by molar-refractivity contribution is 5.91. The summed E-state index contributed by atoms with van der Waals surface area (Å²) in [6, 6.07) is 7.41. The first-order valence-corrected chi connectivity index (χ1v) is 6.55. The van der Waals surface area contributed by atoms with Crippen molar-refractivity contribution in [3.8, 4) is 5.82 Å². The van der Waals surface area contributed by atoms with Crippen LogP contribution in [0.25, 0.3) is 11.5 Å². The highest BCUT2D eigenvalue weighted by Gasteiger charge is 2.16. The molecule has 0 saturated carbocycles. The minimum atomic E-state index is -0.146. The summed E-state index contributed by atoms with van der Waals surface area (Å²) in [5.41, 5.74) is 7.85. The van der Waals surface area contributed by atoms with Crippen LogP contribution >= 0.6 is 0 Å². The third-order valence-corrected chi connectivity index (χ3v) is 3.23. The maximum Gasteiger partial charge on any atom is 0.273 e. The molecule has 0 aliphatic heterocycles. The van der Waals surface area contributed by atoms with E-state index in [1.807, 2.05) is 28.8 Å². The lowest BCUT2D eigenvalue weighted by molar-refractivity contribution is 0.0821. The van der Waals surface area contributed by atoms with Gasteiger partial charge in [-0.1, -0.05) is 6.07 Å². The molecular formula is C14H16N6O. The van der Waals surface area contributed by atoms with Crippen molar-refractivity contribution in [2.75, 3.05) is 14.1 Å². The predicted molar refractivity (Wildman–Crippen MR) is 78.2 cm³/mol. The lowest BCUT2D eigenvalue weighted by Gasteiger charge is -2.06. The van der Waals surface area contributed by atoms with Gasteiger partial charge in [-0.3, -0.25) is 4.79 Å². The number of carbonyl (C=O) groups is 1. The lowest BCUT2D eigenvalue weighted by atomic mass is 10.4. The van der Waals surface area contributed by atoms with Crippen LogP contribution in [0.4, 0.5) is 0 Å². The van der Waals surface area contributed by atoms with Crippen LogP contribution in [0, 0.1) is 0 Å². The van der Waals surface area contributed by atoms with E-state index in [4.69, 9.17) is 5.73 Å². The first kappa shape index (κ1) is 13.3. The van der Waals surface area contributed by atoms with Gasteiger partial charge in [-0.25, -0.2) is 9.67 Å². The maximum atomic E-state index is 11.9. The van der Waals surface area contributed by atoms with Gasteiger partial charge in [-0.2, -0.15) is 5.10 Å². The molecule has 3 aromatic heterocycles. The van der Waals surface area contributed by atoms with E-state index in [0.29, 0.717) is 18.1 Å². The zero-order valence-corrected chi connectivity index (χ0v) is 11.9. The monoisotopic (exact) mass is 284 g/mol. The molecule has 0 spiro atoms. The Balaban J connectivity index is 2.10. The number of rotatable bonds is 3. The van der Waals surface area contributed by atoms with Crippen molar-refractivity contribution in [2.45, 2.75) is 6.54 Å². The number of fused-ring (bicyclic) bond motifs is 1. The summed E-state index contributed by atoms with van der Waals surface area (Å²) in [6.45, 7) is 0.331. The molecule has 7 nitrogen and oxygen atoms in total. The summed E-state index contributed by atoms with van der Waals surface area (Å²) < 4.78 is 3.51. The first-order valence-electron chi connectivity index (χ1n) is 6.55. The Morgan fingerprint density at radius 2 is 2.10 bits per heavy atom. The van der Waals surface area contributed by atoms with E-state index in [9.17, 15) is 4.79 Å². The Morgan fingerprint density at radius 1 is 1.29 bits per heavy atom. The molecule has 108 valence electrons. The molecule has 2 N–H and O–H groups in total. The second-order valence-corrected chi connectivity index (χ2v) is 4.86. The quantitative estimate of drug-likeness (QED) is 0.767. The topological polar surface area (TPSA) is 81.5 Å². The average molecular weight is 284 g/mol. The molecular weight excluding hydrogens is 268 g/mol. The van der Waals surface area contributed by atoms with Gasteiger partial charge >= 0.3 is 0 Å². The molecule has 0 unspecified atom stereocenters. The number of pyridine rings is 1. The van der Waals surface area contributed by atoms with E-state index >= 15 is 0 Å². The van der Waals surface area contributed by atoms with E-state index in [0.717, 1.165) is 11.3 Å². The van der Waals surface area contributed by atoms with Gasteiger partial charge in [-0.15, -0.1) is 0 Å². The Labute approximate surface area is 121 Å². The number of aromatic nitrogens is 4. The molecule has 0 aliphatic carbocycles. The van der Waals surface area contributed by atoms with Crippen LogP contribution in [0.3, 0.4) is 0 Å². The fourth-order valence-electron chi connectivity index (χ4n) is 2.19. The summed E-state index contributed by atoms with van der Waals surface area (Å²) in [4.78, 5) is 17.9. The molecule has 0 saturated heterocycles. The maximum absolute atomic E-state index is 11.9. The molecule has 0 fully saturated rings. The number of nitrogens with two attached hydrogens (primary N) is 1. The van der Waals surface area contributed by atoms with Crippen LogP contribution in [-0.4, -0.2) is 44.1 Å². The Morgan fingerprint density at radius 3 is 2.81 bits per heavy atom. The van der Waals surface area contributed by atoms with Gasteiger partial charge in [0.2, 0.25) is 0 Å². The van der Waals surface area contributed by atoms with Crippen molar-refractivity contribution < 1.29 is 4.79 Å². The molecule has 3 rings (SSSR count). The lowest BCUT2D eigenvalue weighted by Crippen LogP contribution is -2.22. The Bertz CT molecular complexity index is 801. The van der Waals surface area contributed by atoms with E-state index in [-0.39, 0.29) is 5.91 Å². The standard InChI is InChI=1S/C14H16N6O/c1-18(2)14(21)10-6-8-20(17-10)13-11(9-15)19-7-4-3-5-12(19)16-13/h3-8H,9,15H2,1-2H3. The minimum Gasteiger partial charge on any atom is -0.343 e. The number of hydrogen-bond acceptors (Lipinski definition) is 4. The van der Waals surface area contributed by atoms with Gasteiger partial charge in [0, 0.05) is 33.0 Å². The third-order valence-electron chi connectivity index (χ3n) is 3.23. The highest BCUT2D eigenvalue weighted by Crippen LogP contribution is 2.16. The first-order chi connectivity index (χ1) is 10.1. The van der Waals surface area contributed by atoms with Gasteiger partial charge in [0.25, 0.3) is 5.91 Å². The van der Waals surface area contributed by atoms with E-state index in [1.54, 1.807) is 31.0 Å². The van der Waals surface area contributed by atoms with Crippen molar-refractivity contribution in [2.24, 2.45) is 5.73 Å². The van der Waals surface area contributed by atoms with Crippen molar-refractivity contribution >= 4 is 11.6 Å². The molecule has 21 heavy (non-hydrogen) atoms. The summed E-state index contributed by atoms with van der Waals surface area (Å²) in [6.07, 6.45) is 3.63. The number of carbonyl (C=O) groups excluding carboxylic acids is 1.